The summed E-state index contributed by atoms with van der Waals surface area (Å²) in [5.74, 6) is 0.884. The Labute approximate surface area is 104 Å². The van der Waals surface area contributed by atoms with Crippen molar-refractivity contribution in [3.05, 3.63) is 23.3 Å². The largest absolute Gasteiger partial charge is 0.496 e. The molecule has 92 valence electrons. The minimum absolute atomic E-state index is 0.522. The van der Waals surface area contributed by atoms with Crippen molar-refractivity contribution in [2.45, 2.75) is 33.2 Å². The van der Waals surface area contributed by atoms with E-state index in [0.29, 0.717) is 0 Å². The van der Waals surface area contributed by atoms with Crippen molar-refractivity contribution < 1.29 is 4.74 Å². The van der Waals surface area contributed by atoms with Gasteiger partial charge in [-0.1, -0.05) is 0 Å². The van der Waals surface area contributed by atoms with Crippen molar-refractivity contribution >= 4 is 5.69 Å². The average molecular weight is 232 g/mol. The zero-order valence-corrected chi connectivity index (χ0v) is 11.5. The number of hydrogen-bond acceptors (Lipinski definition) is 3. The second-order valence-electron chi connectivity index (χ2n) is 4.84. The molecule has 0 saturated heterocycles. The van der Waals surface area contributed by atoms with Crippen LogP contribution in [0.5, 0.6) is 5.75 Å². The van der Waals surface area contributed by atoms with E-state index in [1.54, 1.807) is 7.11 Å². The van der Waals surface area contributed by atoms with E-state index in [1.807, 2.05) is 45.7 Å². The topological polar surface area (TPSA) is 36.3 Å². The number of benzene rings is 1. The van der Waals surface area contributed by atoms with E-state index >= 15 is 0 Å². The highest BCUT2D eigenvalue weighted by atomic mass is 16.5. The van der Waals surface area contributed by atoms with Crippen LogP contribution in [0.1, 0.15) is 25.0 Å². The van der Waals surface area contributed by atoms with Crippen LogP contribution in [-0.2, 0) is 0 Å². The van der Waals surface area contributed by atoms with Gasteiger partial charge in [0.15, 0.2) is 0 Å². The van der Waals surface area contributed by atoms with E-state index < -0.39 is 5.54 Å². The lowest BCUT2D eigenvalue weighted by atomic mass is 10.0. The Morgan fingerprint density at radius 3 is 2.29 bits per heavy atom. The molecule has 1 rings (SSSR count). The van der Waals surface area contributed by atoms with E-state index in [1.165, 1.54) is 0 Å². The average Bonchev–Trinajstić information content (AvgIpc) is 2.30. The third kappa shape index (κ3) is 2.52. The van der Waals surface area contributed by atoms with Crippen LogP contribution in [0.25, 0.3) is 0 Å². The lowest BCUT2D eigenvalue weighted by Crippen LogP contribution is -2.40. The van der Waals surface area contributed by atoms with Gasteiger partial charge >= 0.3 is 0 Å². The molecule has 3 heteroatoms. The van der Waals surface area contributed by atoms with Gasteiger partial charge in [-0.05, 0) is 51.0 Å². The molecule has 0 aliphatic rings. The molecule has 0 aliphatic carbocycles. The number of anilines is 1. The van der Waals surface area contributed by atoms with Crippen LogP contribution in [0.4, 0.5) is 5.69 Å². The van der Waals surface area contributed by atoms with Gasteiger partial charge < -0.3 is 9.64 Å². The van der Waals surface area contributed by atoms with Crippen LogP contribution < -0.4 is 9.64 Å². The molecule has 0 spiro atoms. The Morgan fingerprint density at radius 2 is 1.82 bits per heavy atom. The molecular formula is C14H20N2O. The predicted molar refractivity (Wildman–Crippen MR) is 70.6 cm³/mol. The van der Waals surface area contributed by atoms with Crippen LogP contribution in [0.2, 0.25) is 0 Å². The first-order valence-electron chi connectivity index (χ1n) is 5.64. The first-order chi connectivity index (χ1) is 7.83. The zero-order chi connectivity index (χ0) is 13.2. The van der Waals surface area contributed by atoms with Crippen molar-refractivity contribution in [3.63, 3.8) is 0 Å². The maximum atomic E-state index is 9.17. The fraction of sp³-hybridized carbons (Fsp3) is 0.500. The number of ether oxygens (including phenoxy) is 1. The van der Waals surface area contributed by atoms with Gasteiger partial charge in [-0.25, -0.2) is 0 Å². The summed E-state index contributed by atoms with van der Waals surface area (Å²) in [4.78, 5) is 1.99. The molecule has 0 unspecified atom stereocenters. The lowest BCUT2D eigenvalue weighted by molar-refractivity contribution is 0.411. The zero-order valence-electron chi connectivity index (χ0n) is 11.5. The Kier molecular flexibility index (Phi) is 3.67. The molecule has 0 aromatic heterocycles. The van der Waals surface area contributed by atoms with Crippen LogP contribution in [0, 0.1) is 25.2 Å². The summed E-state index contributed by atoms with van der Waals surface area (Å²) in [7, 11) is 3.61. The van der Waals surface area contributed by atoms with Gasteiger partial charge in [-0.15, -0.1) is 0 Å². The molecular weight excluding hydrogens is 212 g/mol. The minimum atomic E-state index is -0.522. The Morgan fingerprint density at radius 1 is 1.24 bits per heavy atom. The smallest absolute Gasteiger partial charge is 0.122 e. The maximum Gasteiger partial charge on any atom is 0.122 e. The van der Waals surface area contributed by atoms with Crippen molar-refractivity contribution in [1.29, 1.82) is 5.26 Å². The van der Waals surface area contributed by atoms with Crippen LogP contribution in [0.3, 0.4) is 0 Å². The maximum absolute atomic E-state index is 9.17. The summed E-state index contributed by atoms with van der Waals surface area (Å²) in [5.41, 5.74) is 2.73. The summed E-state index contributed by atoms with van der Waals surface area (Å²) < 4.78 is 5.29. The van der Waals surface area contributed by atoms with Crippen LogP contribution in [0.15, 0.2) is 12.1 Å². The monoisotopic (exact) mass is 232 g/mol. The molecule has 0 atom stereocenters. The van der Waals surface area contributed by atoms with E-state index in [0.717, 1.165) is 22.6 Å². The second-order valence-corrected chi connectivity index (χ2v) is 4.84. The molecule has 0 heterocycles. The van der Waals surface area contributed by atoms with E-state index in [9.17, 15) is 5.26 Å². The van der Waals surface area contributed by atoms with E-state index in [2.05, 4.69) is 12.1 Å². The second kappa shape index (κ2) is 4.67. The fourth-order valence-corrected chi connectivity index (χ4v) is 1.73. The van der Waals surface area contributed by atoms with Gasteiger partial charge in [0.1, 0.15) is 11.3 Å². The summed E-state index contributed by atoms with van der Waals surface area (Å²) >= 11 is 0. The van der Waals surface area contributed by atoms with Crippen molar-refractivity contribution in [3.8, 4) is 11.8 Å². The summed E-state index contributed by atoms with van der Waals surface area (Å²) in [6, 6.07) is 6.38. The van der Waals surface area contributed by atoms with E-state index in [-0.39, 0.29) is 0 Å². The van der Waals surface area contributed by atoms with E-state index in [4.69, 9.17) is 4.74 Å². The fourth-order valence-electron chi connectivity index (χ4n) is 1.73. The first-order valence-corrected chi connectivity index (χ1v) is 5.64. The van der Waals surface area contributed by atoms with Crippen molar-refractivity contribution in [2.24, 2.45) is 0 Å². The van der Waals surface area contributed by atoms with Gasteiger partial charge in [-0.2, -0.15) is 5.26 Å². The Balaban J connectivity index is 3.25. The summed E-state index contributed by atoms with van der Waals surface area (Å²) in [5, 5.41) is 9.17. The molecule has 0 radical (unpaired) electrons. The normalized spacial score (nSPS) is 10.9. The molecule has 0 bridgehead atoms. The lowest BCUT2D eigenvalue weighted by Gasteiger charge is -2.33. The number of rotatable bonds is 3. The summed E-state index contributed by atoms with van der Waals surface area (Å²) in [6.45, 7) is 7.86. The van der Waals surface area contributed by atoms with Crippen LogP contribution >= 0.6 is 0 Å². The standard InChI is InChI=1S/C14H20N2O/c1-10-8-13(17-6)11(2)7-12(10)16(5)14(3,4)9-15/h7-8H,1-6H3. The molecule has 0 aliphatic heterocycles. The molecule has 1 aromatic rings. The van der Waals surface area contributed by atoms with Gasteiger partial charge in [0.05, 0.1) is 13.2 Å². The number of hydrogen-bond donors (Lipinski definition) is 0. The number of nitrogens with zero attached hydrogens (tertiary/aromatic N) is 2. The highest BCUT2D eigenvalue weighted by Gasteiger charge is 2.24. The molecule has 0 saturated carbocycles. The third-order valence-electron chi connectivity index (χ3n) is 3.19. The number of methoxy groups -OCH3 is 1. The predicted octanol–water partition coefficient (Wildman–Crippen LogP) is 3.05. The molecule has 1 aromatic carbocycles. The van der Waals surface area contributed by atoms with Crippen molar-refractivity contribution in [1.82, 2.24) is 0 Å². The quantitative estimate of drug-likeness (QED) is 0.803. The highest BCUT2D eigenvalue weighted by Crippen LogP contribution is 2.31. The number of aryl methyl sites for hydroxylation is 2. The third-order valence-corrected chi connectivity index (χ3v) is 3.19. The molecule has 0 fully saturated rings. The van der Waals surface area contributed by atoms with Gasteiger partial charge in [-0.3, -0.25) is 0 Å². The first kappa shape index (κ1) is 13.4. The summed E-state index contributed by atoms with van der Waals surface area (Å²) in [6.07, 6.45) is 0. The molecule has 0 N–H and O–H groups in total. The molecule has 3 nitrogen and oxygen atoms in total. The molecule has 17 heavy (non-hydrogen) atoms. The van der Waals surface area contributed by atoms with Gasteiger partial charge in [0.25, 0.3) is 0 Å². The Bertz CT molecular complexity index is 458. The van der Waals surface area contributed by atoms with Gasteiger partial charge in [0.2, 0.25) is 0 Å². The van der Waals surface area contributed by atoms with Crippen LogP contribution in [-0.4, -0.2) is 19.7 Å². The Hall–Kier alpha value is -1.69. The van der Waals surface area contributed by atoms with Gasteiger partial charge in [0, 0.05) is 12.7 Å². The highest BCUT2D eigenvalue weighted by molar-refractivity contribution is 5.60. The van der Waals surface area contributed by atoms with Crippen molar-refractivity contribution in [2.75, 3.05) is 19.1 Å². The number of nitriles is 1. The minimum Gasteiger partial charge on any atom is -0.496 e. The molecule has 0 amide bonds. The SMILES string of the molecule is COc1cc(C)c(N(C)C(C)(C)C#N)cc1C.